The molecule has 2 aromatic carbocycles. The molecule has 150 valence electrons. The summed E-state index contributed by atoms with van der Waals surface area (Å²) < 4.78 is 28.2. The average Bonchev–Trinajstić information content (AvgIpc) is 2.66. The van der Waals surface area contributed by atoms with Gasteiger partial charge in [-0.25, -0.2) is 8.42 Å². The lowest BCUT2D eigenvalue weighted by molar-refractivity contribution is -0.123. The van der Waals surface area contributed by atoms with Gasteiger partial charge < -0.3 is 4.90 Å². The van der Waals surface area contributed by atoms with Crippen LogP contribution in [-0.4, -0.2) is 38.8 Å². The van der Waals surface area contributed by atoms with E-state index < -0.39 is 10.0 Å². The molecule has 2 aromatic rings. The first-order valence-corrected chi connectivity index (χ1v) is 11.1. The van der Waals surface area contributed by atoms with Gasteiger partial charge in [-0.05, 0) is 56.9 Å². The minimum Gasteiger partial charge on any atom is -0.315 e. The van der Waals surface area contributed by atoms with Crippen molar-refractivity contribution in [1.29, 1.82) is 0 Å². The van der Waals surface area contributed by atoms with E-state index in [1.54, 1.807) is 11.9 Å². The molecule has 1 amide bonds. The van der Waals surface area contributed by atoms with E-state index in [0.29, 0.717) is 24.3 Å². The summed E-state index contributed by atoms with van der Waals surface area (Å²) >= 11 is 0. The van der Waals surface area contributed by atoms with Crippen LogP contribution in [0.4, 0.5) is 5.69 Å². The van der Waals surface area contributed by atoms with Crippen LogP contribution < -0.4 is 4.90 Å². The lowest BCUT2D eigenvalue weighted by atomic mass is 9.98. The first-order valence-electron chi connectivity index (χ1n) is 9.62. The number of benzene rings is 2. The maximum atomic E-state index is 13.3. The Balaban J connectivity index is 1.84. The molecule has 1 aliphatic rings. The molecule has 0 radical (unpaired) electrons. The Kier molecular flexibility index (Phi) is 5.91. The summed E-state index contributed by atoms with van der Waals surface area (Å²) in [6.45, 7) is 6.32. The molecular formula is C22H28N2O3S. The first-order chi connectivity index (χ1) is 13.2. The number of sulfonamides is 1. The van der Waals surface area contributed by atoms with Gasteiger partial charge in [0.2, 0.25) is 15.9 Å². The topological polar surface area (TPSA) is 57.7 Å². The molecule has 1 heterocycles. The number of aryl methyl sites for hydroxylation is 3. The Labute approximate surface area is 168 Å². The maximum Gasteiger partial charge on any atom is 0.243 e. The number of hydrogen-bond acceptors (Lipinski definition) is 3. The van der Waals surface area contributed by atoms with Crippen LogP contribution in [0.1, 0.15) is 29.5 Å². The number of rotatable bonds is 4. The van der Waals surface area contributed by atoms with Crippen LogP contribution in [-0.2, 0) is 14.8 Å². The average molecular weight is 401 g/mol. The van der Waals surface area contributed by atoms with Crippen LogP contribution in [0.15, 0.2) is 47.4 Å². The van der Waals surface area contributed by atoms with Crippen molar-refractivity contribution >= 4 is 21.6 Å². The van der Waals surface area contributed by atoms with E-state index in [1.165, 1.54) is 4.31 Å². The first kappa shape index (κ1) is 20.6. The van der Waals surface area contributed by atoms with Crippen molar-refractivity contribution in [2.45, 2.75) is 38.5 Å². The van der Waals surface area contributed by atoms with E-state index >= 15 is 0 Å². The van der Waals surface area contributed by atoms with Gasteiger partial charge >= 0.3 is 0 Å². The molecule has 0 spiro atoms. The molecule has 0 N–H and O–H groups in total. The fourth-order valence-electron chi connectivity index (χ4n) is 4.12. The molecule has 0 saturated carbocycles. The van der Waals surface area contributed by atoms with Gasteiger partial charge in [0.15, 0.2) is 0 Å². The molecule has 6 heteroatoms. The summed E-state index contributed by atoms with van der Waals surface area (Å²) in [7, 11) is -1.88. The molecule has 28 heavy (non-hydrogen) atoms. The molecule has 3 rings (SSSR count). The second-order valence-corrected chi connectivity index (χ2v) is 9.54. The SMILES string of the molecule is Cc1cc(C)c(S(=O)(=O)N2CCC[C@H](C(=O)N(C)c3ccccc3)C2)c(C)c1. The van der Waals surface area contributed by atoms with E-state index in [0.717, 1.165) is 22.4 Å². The van der Waals surface area contributed by atoms with Crippen molar-refractivity contribution in [1.82, 2.24) is 4.31 Å². The summed E-state index contributed by atoms with van der Waals surface area (Å²) in [6.07, 6.45) is 1.39. The predicted molar refractivity (Wildman–Crippen MR) is 112 cm³/mol. The van der Waals surface area contributed by atoms with Crippen molar-refractivity contribution in [2.75, 3.05) is 25.0 Å². The van der Waals surface area contributed by atoms with E-state index in [1.807, 2.05) is 63.2 Å². The minimum absolute atomic E-state index is 0.0385. The summed E-state index contributed by atoms with van der Waals surface area (Å²) in [5.74, 6) is -0.372. The number of amides is 1. The molecule has 0 aromatic heterocycles. The van der Waals surface area contributed by atoms with Crippen molar-refractivity contribution < 1.29 is 13.2 Å². The fourth-order valence-corrected chi connectivity index (χ4v) is 6.05. The van der Waals surface area contributed by atoms with Gasteiger partial charge in [0.1, 0.15) is 0 Å². The Hall–Kier alpha value is -2.18. The number of piperidine rings is 1. The number of anilines is 1. The van der Waals surface area contributed by atoms with E-state index in [4.69, 9.17) is 0 Å². The van der Waals surface area contributed by atoms with Crippen LogP contribution in [0.5, 0.6) is 0 Å². The van der Waals surface area contributed by atoms with Crippen molar-refractivity contribution in [3.05, 3.63) is 59.2 Å². The zero-order valence-electron chi connectivity index (χ0n) is 17.0. The lowest BCUT2D eigenvalue weighted by Gasteiger charge is -2.34. The highest BCUT2D eigenvalue weighted by atomic mass is 32.2. The highest BCUT2D eigenvalue weighted by molar-refractivity contribution is 7.89. The summed E-state index contributed by atoms with van der Waals surface area (Å²) in [5.41, 5.74) is 3.38. The van der Waals surface area contributed by atoms with E-state index in [9.17, 15) is 13.2 Å². The van der Waals surface area contributed by atoms with E-state index in [-0.39, 0.29) is 18.4 Å². The third-order valence-corrected chi connectivity index (χ3v) is 7.58. The summed E-state index contributed by atoms with van der Waals surface area (Å²) in [6, 6.07) is 13.2. The van der Waals surface area contributed by atoms with Crippen molar-refractivity contribution in [3.63, 3.8) is 0 Å². The number of hydrogen-bond donors (Lipinski definition) is 0. The number of nitrogens with zero attached hydrogens (tertiary/aromatic N) is 2. The second-order valence-electron chi connectivity index (χ2n) is 7.66. The second kappa shape index (κ2) is 8.05. The number of para-hydroxylation sites is 1. The Bertz CT molecular complexity index is 948. The quantitative estimate of drug-likeness (QED) is 0.787. The third kappa shape index (κ3) is 3.98. The molecule has 0 aliphatic carbocycles. The van der Waals surface area contributed by atoms with Gasteiger partial charge in [-0.1, -0.05) is 35.9 Å². The lowest BCUT2D eigenvalue weighted by Crippen LogP contribution is -2.46. The monoisotopic (exact) mass is 400 g/mol. The zero-order chi connectivity index (χ0) is 20.5. The van der Waals surface area contributed by atoms with Crippen LogP contribution in [0.3, 0.4) is 0 Å². The highest BCUT2D eigenvalue weighted by Gasteiger charge is 2.36. The Morgan fingerprint density at radius 1 is 1.07 bits per heavy atom. The van der Waals surface area contributed by atoms with Gasteiger partial charge in [-0.2, -0.15) is 4.31 Å². The highest BCUT2D eigenvalue weighted by Crippen LogP contribution is 2.30. The van der Waals surface area contributed by atoms with Gasteiger partial charge in [0.05, 0.1) is 10.8 Å². The van der Waals surface area contributed by atoms with Crippen LogP contribution in [0, 0.1) is 26.7 Å². The maximum absolute atomic E-state index is 13.3. The standard InChI is InChI=1S/C22H28N2O3S/c1-16-13-17(2)21(18(3)14-16)28(26,27)24-12-8-9-19(15-24)22(25)23(4)20-10-6-5-7-11-20/h5-7,10-11,13-14,19H,8-9,12,15H2,1-4H3/t19-/m0/s1. The smallest absolute Gasteiger partial charge is 0.243 e. The fraction of sp³-hybridized carbons (Fsp3) is 0.409. The van der Waals surface area contributed by atoms with Crippen LogP contribution in [0.25, 0.3) is 0 Å². The molecule has 1 aliphatic heterocycles. The van der Waals surface area contributed by atoms with Crippen molar-refractivity contribution in [2.24, 2.45) is 5.92 Å². The Morgan fingerprint density at radius 3 is 2.29 bits per heavy atom. The number of carbonyl (C=O) groups excluding carboxylic acids is 1. The van der Waals surface area contributed by atoms with Gasteiger partial charge in [0, 0.05) is 25.8 Å². The van der Waals surface area contributed by atoms with Crippen LogP contribution in [0.2, 0.25) is 0 Å². The largest absolute Gasteiger partial charge is 0.315 e. The molecular weight excluding hydrogens is 372 g/mol. The molecule has 5 nitrogen and oxygen atoms in total. The molecule has 0 bridgehead atoms. The third-order valence-electron chi connectivity index (χ3n) is 5.41. The zero-order valence-corrected chi connectivity index (χ0v) is 17.8. The van der Waals surface area contributed by atoms with Crippen LogP contribution >= 0.6 is 0 Å². The molecule has 1 fully saturated rings. The number of carbonyl (C=O) groups is 1. The molecule has 0 unspecified atom stereocenters. The predicted octanol–water partition coefficient (Wildman–Crippen LogP) is 3.68. The van der Waals surface area contributed by atoms with Gasteiger partial charge in [-0.3, -0.25) is 4.79 Å². The summed E-state index contributed by atoms with van der Waals surface area (Å²) in [4.78, 5) is 15.0. The Morgan fingerprint density at radius 2 is 1.68 bits per heavy atom. The minimum atomic E-state index is -3.63. The van der Waals surface area contributed by atoms with Gasteiger partial charge in [0.25, 0.3) is 0 Å². The van der Waals surface area contributed by atoms with Crippen molar-refractivity contribution in [3.8, 4) is 0 Å². The molecule has 1 saturated heterocycles. The molecule has 1 atom stereocenters. The summed E-state index contributed by atoms with van der Waals surface area (Å²) in [5, 5.41) is 0. The van der Waals surface area contributed by atoms with E-state index in [2.05, 4.69) is 0 Å². The normalized spacial score (nSPS) is 18.1. The van der Waals surface area contributed by atoms with Gasteiger partial charge in [-0.15, -0.1) is 0 Å².